The molecule has 2 aliphatic carbocycles. The molecule has 0 bridgehead atoms. The van der Waals surface area contributed by atoms with Gasteiger partial charge in [0.2, 0.25) is 0 Å². The Kier molecular flexibility index (Phi) is 0.586. The summed E-state index contributed by atoms with van der Waals surface area (Å²) >= 11 is 0. The summed E-state index contributed by atoms with van der Waals surface area (Å²) in [7, 11) is 0. The number of fused-ring (bicyclic) bond motifs is 1. The zero-order valence-electron chi connectivity index (χ0n) is 4.85. The molecule has 0 aromatic carbocycles. The highest BCUT2D eigenvalue weighted by atomic mass is 14.5. The summed E-state index contributed by atoms with van der Waals surface area (Å²) in [5.41, 5.74) is 0. The van der Waals surface area contributed by atoms with Crippen molar-refractivity contribution in [1.82, 2.24) is 0 Å². The van der Waals surface area contributed by atoms with Crippen molar-refractivity contribution in [2.75, 3.05) is 0 Å². The Morgan fingerprint density at radius 1 is 1.14 bits per heavy atom. The second-order valence-corrected chi connectivity index (χ2v) is 3.12. The van der Waals surface area contributed by atoms with E-state index in [2.05, 4.69) is 6.92 Å². The van der Waals surface area contributed by atoms with Crippen molar-refractivity contribution in [1.29, 1.82) is 0 Å². The predicted molar refractivity (Wildman–Crippen MR) is 30.0 cm³/mol. The number of rotatable bonds is 0. The second-order valence-electron chi connectivity index (χ2n) is 3.12. The van der Waals surface area contributed by atoms with Crippen LogP contribution >= 0.6 is 0 Å². The summed E-state index contributed by atoms with van der Waals surface area (Å²) in [5.74, 6) is 3.48. The van der Waals surface area contributed by atoms with E-state index in [1.807, 2.05) is 0 Å². The van der Waals surface area contributed by atoms with Gasteiger partial charge in [0.05, 0.1) is 0 Å². The van der Waals surface area contributed by atoms with E-state index < -0.39 is 0 Å². The Morgan fingerprint density at radius 2 is 1.71 bits per heavy atom. The van der Waals surface area contributed by atoms with E-state index in [1.54, 1.807) is 12.8 Å². The molecule has 2 rings (SSSR count). The fraction of sp³-hybridized carbons (Fsp3) is 1.00. The molecule has 0 aromatic rings. The fourth-order valence-corrected chi connectivity index (χ4v) is 2.18. The van der Waals surface area contributed by atoms with Crippen LogP contribution < -0.4 is 0 Å². The molecule has 40 valence electrons. The van der Waals surface area contributed by atoms with Gasteiger partial charge < -0.3 is 0 Å². The topological polar surface area (TPSA) is 0 Å². The summed E-state index contributed by atoms with van der Waals surface area (Å²) in [4.78, 5) is 0. The summed E-state index contributed by atoms with van der Waals surface area (Å²) in [6.45, 7) is 2.40. The van der Waals surface area contributed by atoms with Gasteiger partial charge in [-0.15, -0.1) is 0 Å². The second kappa shape index (κ2) is 1.04. The van der Waals surface area contributed by atoms with Gasteiger partial charge in [0.15, 0.2) is 0 Å². The quantitative estimate of drug-likeness (QED) is 0.433. The lowest BCUT2D eigenvalue weighted by Crippen LogP contribution is -1.77. The van der Waals surface area contributed by atoms with E-state index >= 15 is 0 Å². The molecular formula is C7H12. The van der Waals surface area contributed by atoms with Crippen molar-refractivity contribution in [2.24, 2.45) is 17.8 Å². The molecule has 2 saturated carbocycles. The summed E-state index contributed by atoms with van der Waals surface area (Å²) < 4.78 is 0. The lowest BCUT2D eigenvalue weighted by atomic mass is 10.2. The monoisotopic (exact) mass is 96.1 g/mol. The zero-order valence-corrected chi connectivity index (χ0v) is 4.85. The molecule has 2 unspecified atom stereocenters. The first-order valence-electron chi connectivity index (χ1n) is 3.39. The third-order valence-corrected chi connectivity index (χ3v) is 2.83. The largest absolute Gasteiger partial charge is 0.0620 e. The normalized spacial score (nSPS) is 57.0. The molecule has 0 nitrogen and oxygen atoms in total. The van der Waals surface area contributed by atoms with E-state index in [9.17, 15) is 0 Å². The van der Waals surface area contributed by atoms with E-state index in [0.29, 0.717) is 0 Å². The van der Waals surface area contributed by atoms with E-state index in [4.69, 9.17) is 0 Å². The van der Waals surface area contributed by atoms with Crippen LogP contribution in [0.5, 0.6) is 0 Å². The Morgan fingerprint density at radius 3 is 2.00 bits per heavy atom. The zero-order chi connectivity index (χ0) is 4.85. The third kappa shape index (κ3) is 0.375. The molecule has 7 heavy (non-hydrogen) atoms. The van der Waals surface area contributed by atoms with Crippen molar-refractivity contribution in [3.8, 4) is 0 Å². The maximum absolute atomic E-state index is 2.40. The number of hydrogen-bond acceptors (Lipinski definition) is 0. The van der Waals surface area contributed by atoms with Crippen LogP contribution in [0.3, 0.4) is 0 Å². The van der Waals surface area contributed by atoms with Crippen molar-refractivity contribution >= 4 is 0 Å². The molecule has 2 fully saturated rings. The minimum Gasteiger partial charge on any atom is -0.0620 e. The highest BCUT2D eigenvalue weighted by Gasteiger charge is 2.48. The molecule has 0 radical (unpaired) electrons. The summed E-state index contributed by atoms with van der Waals surface area (Å²) in [6, 6.07) is 0. The maximum Gasteiger partial charge on any atom is -0.0355 e. The molecular weight excluding hydrogens is 84.1 g/mol. The minimum atomic E-state index is 1.12. The van der Waals surface area contributed by atoms with Crippen LogP contribution in [0, 0.1) is 17.8 Å². The van der Waals surface area contributed by atoms with Crippen LogP contribution in [0.2, 0.25) is 0 Å². The van der Waals surface area contributed by atoms with Gasteiger partial charge >= 0.3 is 0 Å². The highest BCUT2D eigenvalue weighted by Crippen LogP contribution is 2.56. The first-order chi connectivity index (χ1) is 3.39. The molecule has 0 heteroatoms. The summed E-state index contributed by atoms with van der Waals surface area (Å²) in [5, 5.41) is 0. The van der Waals surface area contributed by atoms with Gasteiger partial charge in [-0.1, -0.05) is 13.3 Å². The van der Waals surface area contributed by atoms with E-state index in [-0.39, 0.29) is 0 Å². The van der Waals surface area contributed by atoms with Crippen LogP contribution in [-0.2, 0) is 0 Å². The number of hydrogen-bond donors (Lipinski definition) is 0. The van der Waals surface area contributed by atoms with Gasteiger partial charge in [0.25, 0.3) is 0 Å². The SMILES string of the molecule is CC1C2CCC[C@H]12. The highest BCUT2D eigenvalue weighted by molar-refractivity contribution is 4.98. The van der Waals surface area contributed by atoms with Crippen LogP contribution in [0.25, 0.3) is 0 Å². The van der Waals surface area contributed by atoms with Gasteiger partial charge in [-0.3, -0.25) is 0 Å². The van der Waals surface area contributed by atoms with Crippen molar-refractivity contribution in [3.05, 3.63) is 0 Å². The summed E-state index contributed by atoms with van der Waals surface area (Å²) in [6.07, 6.45) is 4.62. The Bertz CT molecular complexity index is 76.0. The minimum absolute atomic E-state index is 1.12. The van der Waals surface area contributed by atoms with Crippen LogP contribution in [0.1, 0.15) is 26.2 Å². The first kappa shape index (κ1) is 3.94. The molecule has 0 saturated heterocycles. The van der Waals surface area contributed by atoms with E-state index in [1.165, 1.54) is 18.3 Å². The molecule has 0 heterocycles. The van der Waals surface area contributed by atoms with Gasteiger partial charge in [-0.05, 0) is 30.6 Å². The van der Waals surface area contributed by atoms with Crippen molar-refractivity contribution < 1.29 is 0 Å². The molecule has 0 aromatic heterocycles. The average molecular weight is 96.2 g/mol. The smallest absolute Gasteiger partial charge is 0.0355 e. The first-order valence-corrected chi connectivity index (χ1v) is 3.39. The van der Waals surface area contributed by atoms with Crippen molar-refractivity contribution in [3.63, 3.8) is 0 Å². The fourth-order valence-electron chi connectivity index (χ4n) is 2.18. The lowest BCUT2D eigenvalue weighted by molar-refractivity contribution is 0.628. The standard InChI is InChI=1S/C7H12/c1-5-6-3-2-4-7(5)6/h5-7H,2-4H2,1H3/t5?,6-,7?/m1/s1. The van der Waals surface area contributed by atoms with Gasteiger partial charge in [-0.2, -0.15) is 0 Å². The Balaban J connectivity index is 2.06. The molecule has 0 aliphatic heterocycles. The lowest BCUT2D eigenvalue weighted by Gasteiger charge is -1.89. The maximum atomic E-state index is 2.40. The molecule has 0 N–H and O–H groups in total. The average Bonchev–Trinajstić information content (AvgIpc) is 2.26. The van der Waals surface area contributed by atoms with E-state index in [0.717, 1.165) is 5.92 Å². The Hall–Kier alpha value is 0. The Labute approximate surface area is 44.9 Å². The molecule has 0 amide bonds. The van der Waals surface area contributed by atoms with Crippen LogP contribution in [0.15, 0.2) is 0 Å². The van der Waals surface area contributed by atoms with Gasteiger partial charge in [0.1, 0.15) is 0 Å². The van der Waals surface area contributed by atoms with Crippen LogP contribution in [0.4, 0.5) is 0 Å². The van der Waals surface area contributed by atoms with Crippen LogP contribution in [-0.4, -0.2) is 0 Å². The molecule has 2 aliphatic rings. The molecule has 3 atom stereocenters. The van der Waals surface area contributed by atoms with Gasteiger partial charge in [-0.25, -0.2) is 0 Å². The molecule has 0 spiro atoms. The third-order valence-electron chi connectivity index (χ3n) is 2.83. The van der Waals surface area contributed by atoms with Crippen molar-refractivity contribution in [2.45, 2.75) is 26.2 Å². The van der Waals surface area contributed by atoms with Gasteiger partial charge in [0, 0.05) is 0 Å². The predicted octanol–water partition coefficient (Wildman–Crippen LogP) is 2.05.